The SMILES string of the molecule is CC(C)(C)OC(=O)N1CCN(CC[C@H](CC(=O)C2CCC(F)(F)CC2)c2ccccc2)C[C@@H]1CN(CCCCN1C(=O)c2ccccc2C1=O)[C@H]1CCCc2cccnc21. The molecule has 60 heavy (non-hydrogen) atoms. The van der Waals surface area contributed by atoms with Crippen molar-refractivity contribution >= 4 is 23.7 Å². The summed E-state index contributed by atoms with van der Waals surface area (Å²) in [5.41, 5.74) is 3.62. The number of carbonyl (C=O) groups excluding carboxylic acids is 4. The zero-order valence-electron chi connectivity index (χ0n) is 35.5. The molecule has 2 aromatic carbocycles. The van der Waals surface area contributed by atoms with E-state index in [9.17, 15) is 28.0 Å². The van der Waals surface area contributed by atoms with Crippen molar-refractivity contribution in [1.29, 1.82) is 0 Å². The van der Waals surface area contributed by atoms with Gasteiger partial charge in [-0.3, -0.25) is 34.1 Å². The number of aryl methyl sites for hydroxylation is 1. The average molecular weight is 826 g/mol. The van der Waals surface area contributed by atoms with E-state index < -0.39 is 11.5 Å². The van der Waals surface area contributed by atoms with Gasteiger partial charge in [-0.15, -0.1) is 0 Å². The molecule has 2 fully saturated rings. The fourth-order valence-corrected chi connectivity index (χ4v) is 9.67. The number of ketones is 1. The number of amides is 3. The topological polar surface area (TPSA) is 103 Å². The van der Waals surface area contributed by atoms with E-state index in [4.69, 9.17) is 9.72 Å². The Hall–Kier alpha value is -4.55. The molecule has 3 atom stereocenters. The first kappa shape index (κ1) is 43.5. The molecule has 3 heterocycles. The van der Waals surface area contributed by atoms with Crippen molar-refractivity contribution in [3.8, 4) is 0 Å². The number of rotatable bonds is 15. The van der Waals surface area contributed by atoms with E-state index >= 15 is 0 Å². The molecule has 0 radical (unpaired) electrons. The number of piperazine rings is 1. The van der Waals surface area contributed by atoms with Crippen molar-refractivity contribution < 1.29 is 32.7 Å². The number of benzene rings is 2. The van der Waals surface area contributed by atoms with E-state index in [1.165, 1.54) is 10.5 Å². The number of halogens is 2. The minimum Gasteiger partial charge on any atom is -0.444 e. The number of hydrogen-bond donors (Lipinski definition) is 0. The molecule has 0 spiro atoms. The third kappa shape index (κ3) is 10.7. The second kappa shape index (κ2) is 19.0. The van der Waals surface area contributed by atoms with E-state index in [1.807, 2.05) is 56.1 Å². The number of alkyl halides is 2. The maximum atomic E-state index is 14.0. The van der Waals surface area contributed by atoms with Crippen molar-refractivity contribution in [3.05, 3.63) is 101 Å². The molecule has 3 amide bonds. The standard InChI is InChI=1S/C48H61F2N5O5/c1-47(2,3)60-46(59)54-30-29-52(28-22-37(34-13-5-4-6-14-34)31-42(56)35-20-23-48(49,50)24-21-35)32-38(54)33-53(41-19-11-15-36-16-12-25-51-43(36)41)26-9-10-27-55-44(57)39-17-7-8-18-40(39)45(55)58/h4-8,12-14,16-18,25,35,37-38,41H,9-11,15,19-24,26-33H2,1-3H3/t37-,38-,41+/m1/s1. The fraction of sp³-hybridized carbons (Fsp3) is 0.562. The first-order chi connectivity index (χ1) is 28.8. The highest BCUT2D eigenvalue weighted by atomic mass is 19.3. The summed E-state index contributed by atoms with van der Waals surface area (Å²) in [7, 11) is 0. The summed E-state index contributed by atoms with van der Waals surface area (Å²) in [4.78, 5) is 66.7. The lowest BCUT2D eigenvalue weighted by Gasteiger charge is -2.45. The zero-order chi connectivity index (χ0) is 42.4. The third-order valence-electron chi connectivity index (χ3n) is 12.9. The van der Waals surface area contributed by atoms with Gasteiger partial charge in [0.15, 0.2) is 0 Å². The summed E-state index contributed by atoms with van der Waals surface area (Å²) in [5.74, 6) is -3.46. The predicted molar refractivity (Wildman–Crippen MR) is 226 cm³/mol. The minimum atomic E-state index is -2.68. The number of carbonyl (C=O) groups is 4. The largest absolute Gasteiger partial charge is 0.444 e. The number of aromatic nitrogens is 1. The molecule has 12 heteroatoms. The van der Waals surface area contributed by atoms with Crippen LogP contribution in [0.2, 0.25) is 0 Å². The number of Topliss-reactive ketones (excluding diaryl/α,β-unsaturated/α-hetero) is 1. The molecule has 322 valence electrons. The summed E-state index contributed by atoms with van der Waals surface area (Å²) in [6, 6.07) is 21.0. The van der Waals surface area contributed by atoms with Crippen molar-refractivity contribution in [2.24, 2.45) is 5.92 Å². The van der Waals surface area contributed by atoms with Crippen molar-refractivity contribution in [3.63, 3.8) is 0 Å². The second-order valence-electron chi connectivity index (χ2n) is 18.3. The maximum absolute atomic E-state index is 14.0. The van der Waals surface area contributed by atoms with Gasteiger partial charge < -0.3 is 9.64 Å². The van der Waals surface area contributed by atoms with E-state index in [-0.39, 0.29) is 73.3 Å². The predicted octanol–water partition coefficient (Wildman–Crippen LogP) is 8.72. The normalized spacial score (nSPS) is 21.5. The molecule has 2 aliphatic heterocycles. The Kier molecular flexibility index (Phi) is 13.8. The van der Waals surface area contributed by atoms with Gasteiger partial charge in [-0.05, 0) is 120 Å². The smallest absolute Gasteiger partial charge is 0.410 e. The molecule has 4 aliphatic rings. The highest BCUT2D eigenvalue weighted by Crippen LogP contribution is 2.39. The minimum absolute atomic E-state index is 0.0401. The Morgan fingerprint density at radius 3 is 2.30 bits per heavy atom. The first-order valence-electron chi connectivity index (χ1n) is 22.1. The molecule has 10 nitrogen and oxygen atoms in total. The summed E-state index contributed by atoms with van der Waals surface area (Å²) in [5, 5.41) is 0. The maximum Gasteiger partial charge on any atom is 0.410 e. The summed E-state index contributed by atoms with van der Waals surface area (Å²) >= 11 is 0. The molecule has 0 unspecified atom stereocenters. The van der Waals surface area contributed by atoms with Crippen LogP contribution in [-0.2, 0) is 16.0 Å². The quantitative estimate of drug-likeness (QED) is 0.111. The molecule has 7 rings (SSSR count). The highest BCUT2D eigenvalue weighted by molar-refractivity contribution is 6.21. The molecule has 1 aromatic heterocycles. The van der Waals surface area contributed by atoms with Crippen molar-refractivity contribution in [2.75, 3.05) is 45.8 Å². The third-order valence-corrected chi connectivity index (χ3v) is 12.9. The highest BCUT2D eigenvalue weighted by Gasteiger charge is 2.40. The average Bonchev–Trinajstić information content (AvgIpc) is 3.47. The lowest BCUT2D eigenvalue weighted by atomic mass is 9.79. The van der Waals surface area contributed by atoms with Crippen molar-refractivity contribution in [2.45, 2.75) is 121 Å². The van der Waals surface area contributed by atoms with Crippen LogP contribution >= 0.6 is 0 Å². The number of fused-ring (bicyclic) bond motifs is 2. The lowest BCUT2D eigenvalue weighted by molar-refractivity contribution is -0.127. The Balaban J connectivity index is 1.07. The van der Waals surface area contributed by atoms with Gasteiger partial charge in [0, 0.05) is 64.1 Å². The molecule has 1 saturated carbocycles. The molecule has 3 aromatic rings. The summed E-state index contributed by atoms with van der Waals surface area (Å²) < 4.78 is 33.9. The summed E-state index contributed by atoms with van der Waals surface area (Å²) in [6.07, 6.45) is 6.86. The Bertz CT molecular complexity index is 1940. The van der Waals surface area contributed by atoms with Gasteiger partial charge in [-0.1, -0.05) is 48.5 Å². The van der Waals surface area contributed by atoms with Gasteiger partial charge in [-0.25, -0.2) is 13.6 Å². The van der Waals surface area contributed by atoms with Crippen LogP contribution in [0.5, 0.6) is 0 Å². The van der Waals surface area contributed by atoms with Gasteiger partial charge in [0.05, 0.1) is 28.9 Å². The van der Waals surface area contributed by atoms with E-state index in [2.05, 4.69) is 28.0 Å². The van der Waals surface area contributed by atoms with E-state index in [1.54, 1.807) is 24.3 Å². The van der Waals surface area contributed by atoms with Crippen molar-refractivity contribution in [1.82, 2.24) is 24.6 Å². The zero-order valence-corrected chi connectivity index (χ0v) is 35.5. The first-order valence-corrected chi connectivity index (χ1v) is 22.1. The number of ether oxygens (including phenoxy) is 1. The van der Waals surface area contributed by atoms with Crippen LogP contribution < -0.4 is 0 Å². The Morgan fingerprint density at radius 1 is 0.900 bits per heavy atom. The van der Waals surface area contributed by atoms with Crippen LogP contribution in [0.15, 0.2) is 72.9 Å². The van der Waals surface area contributed by atoms with Crippen LogP contribution in [-0.4, -0.2) is 112 Å². The van der Waals surface area contributed by atoms with Crippen LogP contribution in [0, 0.1) is 5.92 Å². The molecule has 0 N–H and O–H groups in total. The lowest BCUT2D eigenvalue weighted by Crippen LogP contribution is -2.60. The monoisotopic (exact) mass is 825 g/mol. The van der Waals surface area contributed by atoms with Crippen LogP contribution in [0.3, 0.4) is 0 Å². The van der Waals surface area contributed by atoms with Crippen LogP contribution in [0.1, 0.15) is 134 Å². The van der Waals surface area contributed by atoms with Gasteiger partial charge >= 0.3 is 6.09 Å². The Morgan fingerprint density at radius 2 is 1.60 bits per heavy atom. The molecular formula is C48H61F2N5O5. The van der Waals surface area contributed by atoms with Crippen LogP contribution in [0.4, 0.5) is 13.6 Å². The molecular weight excluding hydrogens is 765 g/mol. The van der Waals surface area contributed by atoms with Gasteiger partial charge in [0.2, 0.25) is 5.92 Å². The molecule has 0 bridgehead atoms. The Labute approximate surface area is 353 Å². The van der Waals surface area contributed by atoms with Gasteiger partial charge in [0.25, 0.3) is 11.8 Å². The van der Waals surface area contributed by atoms with E-state index in [0.29, 0.717) is 69.8 Å². The van der Waals surface area contributed by atoms with Gasteiger partial charge in [0.1, 0.15) is 11.4 Å². The fourth-order valence-electron chi connectivity index (χ4n) is 9.67. The number of pyridine rings is 1. The number of nitrogens with zero attached hydrogens (tertiary/aromatic N) is 5. The van der Waals surface area contributed by atoms with Gasteiger partial charge in [-0.2, -0.15) is 0 Å². The molecule has 1 saturated heterocycles. The van der Waals surface area contributed by atoms with E-state index in [0.717, 1.165) is 43.4 Å². The number of hydrogen-bond acceptors (Lipinski definition) is 8. The number of unbranched alkanes of at least 4 members (excludes halogenated alkanes) is 1. The molecule has 2 aliphatic carbocycles. The van der Waals surface area contributed by atoms with Crippen LogP contribution in [0.25, 0.3) is 0 Å². The number of imide groups is 1. The second-order valence-corrected chi connectivity index (χ2v) is 18.3. The summed E-state index contributed by atoms with van der Waals surface area (Å²) in [6.45, 7) is 9.70.